The van der Waals surface area contributed by atoms with Gasteiger partial charge in [0.2, 0.25) is 0 Å². The molecule has 1 aliphatic rings. The zero-order valence-electron chi connectivity index (χ0n) is 44.6. The lowest BCUT2D eigenvalue weighted by molar-refractivity contribution is -0.301. The third kappa shape index (κ3) is 38.2. The Balaban J connectivity index is 2.81. The molecule has 0 spiro atoms. The molecule has 0 amide bonds. The molecule has 1 fully saturated rings. The molecule has 0 aromatic carbocycles. The normalized spacial score (nSPS) is 19.4. The van der Waals surface area contributed by atoms with Gasteiger partial charge in [-0.05, 0) is 103 Å². The molecule has 6 unspecified atom stereocenters. The van der Waals surface area contributed by atoms with Gasteiger partial charge in [0.05, 0.1) is 13.0 Å². The molecule has 73 heavy (non-hydrogen) atoms. The van der Waals surface area contributed by atoms with Crippen LogP contribution in [0.3, 0.4) is 0 Å². The number of allylic oxidation sites excluding steroid dienone is 21. The Labute approximate surface area is 439 Å². The van der Waals surface area contributed by atoms with E-state index in [0.29, 0.717) is 25.7 Å². The molecule has 3 N–H and O–H groups in total. The second kappa shape index (κ2) is 47.8. The smallest absolute Gasteiger partial charge is 0.335 e. The minimum atomic E-state index is -1.95. The molecule has 1 saturated heterocycles. The molecule has 0 aromatic heterocycles. The van der Waals surface area contributed by atoms with Crippen LogP contribution < -0.4 is 0 Å². The first-order chi connectivity index (χ1) is 35.6. The molecule has 0 bridgehead atoms. The number of carbonyl (C=O) groups is 4. The van der Waals surface area contributed by atoms with Crippen molar-refractivity contribution in [2.75, 3.05) is 13.2 Å². The summed E-state index contributed by atoms with van der Waals surface area (Å²) < 4.78 is 28.1. The summed E-state index contributed by atoms with van der Waals surface area (Å²) in [7, 11) is 0. The van der Waals surface area contributed by atoms with Gasteiger partial charge >= 0.3 is 23.9 Å². The lowest BCUT2D eigenvalue weighted by atomic mass is 9.98. The predicted octanol–water partition coefficient (Wildman–Crippen LogP) is 13.4. The van der Waals surface area contributed by atoms with E-state index >= 15 is 0 Å². The highest BCUT2D eigenvalue weighted by Crippen LogP contribution is 2.26. The van der Waals surface area contributed by atoms with Crippen LogP contribution in [0.25, 0.3) is 0 Å². The van der Waals surface area contributed by atoms with Gasteiger partial charge in [-0.3, -0.25) is 14.4 Å². The molecular formula is C61H92O12. The van der Waals surface area contributed by atoms with E-state index < -0.39 is 67.3 Å². The summed E-state index contributed by atoms with van der Waals surface area (Å²) in [6.07, 6.45) is 54.7. The van der Waals surface area contributed by atoms with Gasteiger partial charge in [-0.1, -0.05) is 187 Å². The zero-order chi connectivity index (χ0) is 53.3. The van der Waals surface area contributed by atoms with Crippen molar-refractivity contribution >= 4 is 23.9 Å². The molecule has 0 saturated carbocycles. The topological polar surface area (TPSA) is 175 Å². The zero-order valence-corrected chi connectivity index (χ0v) is 44.6. The predicted molar refractivity (Wildman–Crippen MR) is 293 cm³/mol. The van der Waals surface area contributed by atoms with Crippen molar-refractivity contribution in [3.05, 3.63) is 134 Å². The van der Waals surface area contributed by atoms with Crippen LogP contribution in [0.5, 0.6) is 0 Å². The third-order valence-electron chi connectivity index (χ3n) is 11.2. The van der Waals surface area contributed by atoms with Crippen molar-refractivity contribution in [2.45, 2.75) is 212 Å². The fourth-order valence-electron chi connectivity index (χ4n) is 7.10. The molecule has 1 rings (SSSR count). The maximum absolute atomic E-state index is 13.1. The second-order valence-corrected chi connectivity index (χ2v) is 17.8. The SMILES string of the molecule is CC/C=C\C/C=C\C/C=C\C/C=C\C/C=C\CCCC(=O)OCC(COC1OC(C(=O)O)C(O)C(O)C1OC(=O)C/C=C\C/C=C\C/C=C\C/C=C\C/C=C\CC)OC(=O)CCCCCCC/C=C\CCCC. The number of carboxylic acid groups (broad SMARTS) is 1. The van der Waals surface area contributed by atoms with Gasteiger partial charge in [0.1, 0.15) is 18.8 Å². The van der Waals surface area contributed by atoms with Crippen LogP contribution in [0.1, 0.15) is 175 Å². The Kier molecular flexibility index (Phi) is 43.2. The van der Waals surface area contributed by atoms with E-state index in [0.717, 1.165) is 96.3 Å². The maximum atomic E-state index is 13.1. The summed E-state index contributed by atoms with van der Waals surface area (Å²) in [4.78, 5) is 50.8. The van der Waals surface area contributed by atoms with Crippen LogP contribution in [0.15, 0.2) is 134 Å². The standard InChI is InChI=1S/C61H92O12/c1-4-7-10-13-16-19-22-24-26-27-29-30-33-35-38-41-44-47-53(62)69-50-52(71-54(63)48-45-42-39-36-32-21-18-15-12-9-6-3)51-70-61-59(57(66)56(65)58(73-61)60(67)68)72-55(64)49-46-43-40-37-34-31-28-25-23-20-17-14-11-8-5-2/h7-8,10-11,15-20,24-26,28-30,34-35,37-38,43,46,52,56-59,61,65-66H,4-6,9,12-14,21-23,27,31-33,36,39-42,44-45,47-51H2,1-3H3,(H,67,68)/b10-7-,11-8-,18-15-,19-16-,20-17-,26-24-,28-25-,30-29-,37-34-,38-35-,46-43-. The van der Waals surface area contributed by atoms with Crippen LogP contribution >= 0.6 is 0 Å². The third-order valence-corrected chi connectivity index (χ3v) is 11.2. The summed E-state index contributed by atoms with van der Waals surface area (Å²) in [5, 5.41) is 31.3. The second-order valence-electron chi connectivity index (χ2n) is 17.8. The summed E-state index contributed by atoms with van der Waals surface area (Å²) in [6.45, 7) is 5.58. The van der Waals surface area contributed by atoms with Gasteiger partial charge in [-0.2, -0.15) is 0 Å². The van der Waals surface area contributed by atoms with Gasteiger partial charge in [0, 0.05) is 12.8 Å². The number of hydrogen-bond acceptors (Lipinski definition) is 11. The molecule has 1 heterocycles. The number of unbranched alkanes of at least 4 members (excludes halogenated alkanes) is 8. The van der Waals surface area contributed by atoms with Crippen LogP contribution in [0, 0.1) is 0 Å². The largest absolute Gasteiger partial charge is 0.479 e. The lowest BCUT2D eigenvalue weighted by Gasteiger charge is -2.40. The number of aliphatic hydroxyl groups excluding tert-OH is 2. The van der Waals surface area contributed by atoms with Crippen LogP contribution in [-0.2, 0) is 42.9 Å². The fourth-order valence-corrected chi connectivity index (χ4v) is 7.10. The molecule has 408 valence electrons. The summed E-state index contributed by atoms with van der Waals surface area (Å²) >= 11 is 0. The Morgan fingerprint density at radius 3 is 1.44 bits per heavy atom. The lowest BCUT2D eigenvalue weighted by Crippen LogP contribution is -2.61. The molecule has 6 atom stereocenters. The van der Waals surface area contributed by atoms with Crippen LogP contribution in [0.4, 0.5) is 0 Å². The number of carbonyl (C=O) groups excluding carboxylic acids is 3. The van der Waals surface area contributed by atoms with Crippen LogP contribution in [-0.4, -0.2) is 89.2 Å². The van der Waals surface area contributed by atoms with Gasteiger partial charge in [-0.25, -0.2) is 4.79 Å². The molecule has 0 aromatic rings. The Bertz CT molecular complexity index is 1780. The average molecular weight is 1020 g/mol. The van der Waals surface area contributed by atoms with Crippen molar-refractivity contribution in [1.82, 2.24) is 0 Å². The number of esters is 3. The van der Waals surface area contributed by atoms with Gasteiger partial charge < -0.3 is 39.0 Å². The van der Waals surface area contributed by atoms with Crippen molar-refractivity contribution in [2.24, 2.45) is 0 Å². The first-order valence-electron chi connectivity index (χ1n) is 27.2. The number of carboxylic acids is 1. The molecule has 0 radical (unpaired) electrons. The van der Waals surface area contributed by atoms with E-state index in [4.69, 9.17) is 23.7 Å². The Hall–Kier alpha value is -5.14. The molecule has 12 heteroatoms. The molecule has 12 nitrogen and oxygen atoms in total. The van der Waals surface area contributed by atoms with E-state index in [1.54, 1.807) is 12.2 Å². The van der Waals surface area contributed by atoms with Gasteiger partial charge in [0.15, 0.2) is 24.6 Å². The highest BCUT2D eigenvalue weighted by atomic mass is 16.7. The number of aliphatic carboxylic acids is 1. The average Bonchev–Trinajstić information content (AvgIpc) is 3.37. The number of rotatable bonds is 43. The highest BCUT2D eigenvalue weighted by Gasteiger charge is 2.50. The number of hydrogen-bond donors (Lipinski definition) is 3. The first-order valence-corrected chi connectivity index (χ1v) is 27.2. The first kappa shape index (κ1) is 65.9. The number of aliphatic hydroxyl groups is 2. The summed E-state index contributed by atoms with van der Waals surface area (Å²) in [5.41, 5.74) is 0. The fraction of sp³-hybridized carbons (Fsp3) is 0.574. The van der Waals surface area contributed by atoms with Crippen LogP contribution in [0.2, 0.25) is 0 Å². The molecule has 1 aliphatic heterocycles. The van der Waals surface area contributed by atoms with Crippen molar-refractivity contribution < 1.29 is 58.2 Å². The van der Waals surface area contributed by atoms with Crippen molar-refractivity contribution in [3.8, 4) is 0 Å². The van der Waals surface area contributed by atoms with Crippen molar-refractivity contribution in [3.63, 3.8) is 0 Å². The Morgan fingerprint density at radius 2 is 0.918 bits per heavy atom. The number of ether oxygens (including phenoxy) is 5. The van der Waals surface area contributed by atoms with E-state index in [1.807, 2.05) is 24.3 Å². The van der Waals surface area contributed by atoms with E-state index in [9.17, 15) is 34.5 Å². The maximum Gasteiger partial charge on any atom is 0.335 e. The Morgan fingerprint density at radius 1 is 0.479 bits per heavy atom. The summed E-state index contributed by atoms with van der Waals surface area (Å²) in [6, 6.07) is 0. The monoisotopic (exact) mass is 1020 g/mol. The van der Waals surface area contributed by atoms with Gasteiger partial charge in [-0.15, -0.1) is 0 Å². The molecular weight excluding hydrogens is 925 g/mol. The molecule has 0 aliphatic carbocycles. The van der Waals surface area contributed by atoms with E-state index in [-0.39, 0.29) is 25.9 Å². The van der Waals surface area contributed by atoms with E-state index in [1.165, 1.54) is 12.8 Å². The minimum absolute atomic E-state index is 0.121. The highest BCUT2D eigenvalue weighted by molar-refractivity contribution is 5.74. The van der Waals surface area contributed by atoms with E-state index in [2.05, 4.69) is 118 Å². The minimum Gasteiger partial charge on any atom is -0.479 e. The summed E-state index contributed by atoms with van der Waals surface area (Å²) in [5.74, 6) is -3.40. The quantitative estimate of drug-likeness (QED) is 0.0228. The van der Waals surface area contributed by atoms with Gasteiger partial charge in [0.25, 0.3) is 0 Å². The van der Waals surface area contributed by atoms with Crippen molar-refractivity contribution in [1.29, 1.82) is 0 Å².